The quantitative estimate of drug-likeness (QED) is 0.833. The van der Waals surface area contributed by atoms with Gasteiger partial charge in [0.1, 0.15) is 11.6 Å². The Morgan fingerprint density at radius 1 is 1.59 bits per heavy atom. The molecule has 0 saturated heterocycles. The number of nitrogens with zero attached hydrogens (tertiary/aromatic N) is 1. The van der Waals surface area contributed by atoms with Gasteiger partial charge in [0, 0.05) is 24.7 Å². The summed E-state index contributed by atoms with van der Waals surface area (Å²) >= 11 is 0. The van der Waals surface area contributed by atoms with Crippen LogP contribution >= 0.6 is 0 Å². The van der Waals surface area contributed by atoms with Crippen molar-refractivity contribution >= 4 is 5.91 Å². The van der Waals surface area contributed by atoms with Crippen molar-refractivity contribution in [2.45, 2.75) is 13.0 Å². The number of hydrogen-bond donors (Lipinski definition) is 2. The highest BCUT2D eigenvalue weighted by Gasteiger charge is 2.17. The van der Waals surface area contributed by atoms with Gasteiger partial charge in [-0.3, -0.25) is 9.69 Å². The number of likely N-dealkylation sites (N-methyl/N-ethyl adjacent to an activating group) is 2. The Hall–Kier alpha value is -1.62. The lowest BCUT2D eigenvalue weighted by molar-refractivity contribution is -0.121. The lowest BCUT2D eigenvalue weighted by Crippen LogP contribution is -2.34. The fraction of sp³-hybridized carbons (Fsp3) is 0.417. The molecule has 4 nitrogen and oxygen atoms in total. The maximum atomic E-state index is 13.6. The average molecular weight is 240 g/mol. The smallest absolute Gasteiger partial charge is 0.233 e. The van der Waals surface area contributed by atoms with Gasteiger partial charge < -0.3 is 10.4 Å². The van der Waals surface area contributed by atoms with Gasteiger partial charge >= 0.3 is 0 Å². The number of aromatic hydroxyl groups is 1. The Bertz CT molecular complexity index is 409. The van der Waals surface area contributed by atoms with E-state index in [0.29, 0.717) is 5.56 Å². The molecule has 1 amide bonds. The number of phenolic OH excluding ortho intramolecular Hbond substituents is 1. The van der Waals surface area contributed by atoms with E-state index in [-0.39, 0.29) is 24.2 Å². The molecule has 2 N–H and O–H groups in total. The van der Waals surface area contributed by atoms with Crippen molar-refractivity contribution < 1.29 is 14.3 Å². The second kappa shape index (κ2) is 5.63. The third-order valence-electron chi connectivity index (χ3n) is 2.77. The van der Waals surface area contributed by atoms with Gasteiger partial charge in [-0.25, -0.2) is 4.39 Å². The number of carbonyl (C=O) groups is 1. The van der Waals surface area contributed by atoms with Crippen molar-refractivity contribution in [2.24, 2.45) is 0 Å². The molecule has 1 rings (SSSR count). The molecule has 0 spiro atoms. The number of benzene rings is 1. The van der Waals surface area contributed by atoms with Gasteiger partial charge in [-0.1, -0.05) is 6.07 Å². The second-order valence-corrected chi connectivity index (χ2v) is 3.97. The van der Waals surface area contributed by atoms with Gasteiger partial charge in [-0.05, 0) is 20.0 Å². The maximum Gasteiger partial charge on any atom is 0.233 e. The van der Waals surface area contributed by atoms with Crippen LogP contribution in [0, 0.1) is 5.82 Å². The monoisotopic (exact) mass is 240 g/mol. The zero-order chi connectivity index (χ0) is 13.0. The van der Waals surface area contributed by atoms with Crippen LogP contribution in [0.1, 0.15) is 18.5 Å². The van der Waals surface area contributed by atoms with Crippen LogP contribution in [0.3, 0.4) is 0 Å². The lowest BCUT2D eigenvalue weighted by atomic mass is 10.1. The average Bonchev–Trinajstić information content (AvgIpc) is 2.28. The number of nitrogens with one attached hydrogen (secondary N) is 1. The molecule has 17 heavy (non-hydrogen) atoms. The van der Waals surface area contributed by atoms with Crippen LogP contribution in [0.2, 0.25) is 0 Å². The van der Waals surface area contributed by atoms with Crippen molar-refractivity contribution in [3.63, 3.8) is 0 Å². The Morgan fingerprint density at radius 2 is 2.24 bits per heavy atom. The largest absolute Gasteiger partial charge is 0.508 e. The SMILES string of the molecule is CNC(=O)CN(C)C(C)c1ccc(O)cc1F. The third-order valence-corrected chi connectivity index (χ3v) is 2.77. The summed E-state index contributed by atoms with van der Waals surface area (Å²) < 4.78 is 13.6. The minimum Gasteiger partial charge on any atom is -0.508 e. The van der Waals surface area contributed by atoms with Crippen LogP contribution in [-0.2, 0) is 4.79 Å². The zero-order valence-corrected chi connectivity index (χ0v) is 10.2. The summed E-state index contributed by atoms with van der Waals surface area (Å²) in [5, 5.41) is 11.6. The molecule has 0 aromatic heterocycles. The van der Waals surface area contributed by atoms with E-state index in [1.54, 1.807) is 25.9 Å². The van der Waals surface area contributed by atoms with E-state index in [1.165, 1.54) is 12.1 Å². The van der Waals surface area contributed by atoms with Crippen molar-refractivity contribution in [1.29, 1.82) is 0 Å². The number of rotatable bonds is 4. The number of carbonyl (C=O) groups excluding carboxylic acids is 1. The minimum absolute atomic E-state index is 0.104. The summed E-state index contributed by atoms with van der Waals surface area (Å²) in [5.74, 6) is -0.702. The Balaban J connectivity index is 2.81. The summed E-state index contributed by atoms with van der Waals surface area (Å²) in [5.41, 5.74) is 0.453. The Kier molecular flexibility index (Phi) is 4.45. The number of amides is 1. The van der Waals surface area contributed by atoms with Crippen LogP contribution < -0.4 is 5.32 Å². The molecule has 0 aliphatic heterocycles. The molecule has 0 saturated carbocycles. The molecule has 0 aliphatic rings. The van der Waals surface area contributed by atoms with E-state index >= 15 is 0 Å². The standard InChI is InChI=1S/C12H17FN2O2/c1-8(15(3)7-12(17)14-2)10-5-4-9(16)6-11(10)13/h4-6,8,16H,7H2,1-3H3,(H,14,17). The minimum atomic E-state index is -0.471. The van der Waals surface area contributed by atoms with E-state index in [4.69, 9.17) is 5.11 Å². The molecule has 1 aromatic rings. The van der Waals surface area contributed by atoms with Crippen LogP contribution in [0.25, 0.3) is 0 Å². The van der Waals surface area contributed by atoms with Crippen molar-refractivity contribution in [3.05, 3.63) is 29.6 Å². The molecule has 0 fully saturated rings. The highest BCUT2D eigenvalue weighted by molar-refractivity contribution is 5.77. The number of halogens is 1. The fourth-order valence-corrected chi connectivity index (χ4v) is 1.53. The molecule has 5 heteroatoms. The summed E-state index contributed by atoms with van der Waals surface area (Å²) in [6, 6.07) is 3.78. The predicted molar refractivity (Wildman–Crippen MR) is 63.2 cm³/mol. The van der Waals surface area contributed by atoms with Gasteiger partial charge in [0.25, 0.3) is 0 Å². The topological polar surface area (TPSA) is 52.6 Å². The van der Waals surface area contributed by atoms with Crippen molar-refractivity contribution in [3.8, 4) is 5.75 Å². The molecule has 0 bridgehead atoms. The molecule has 0 aliphatic carbocycles. The van der Waals surface area contributed by atoms with Gasteiger partial charge in [0.05, 0.1) is 6.54 Å². The first-order valence-corrected chi connectivity index (χ1v) is 5.35. The van der Waals surface area contributed by atoms with Gasteiger partial charge in [-0.2, -0.15) is 0 Å². The molecule has 1 unspecified atom stereocenters. The number of hydrogen-bond acceptors (Lipinski definition) is 3. The summed E-state index contributed by atoms with van der Waals surface area (Å²) in [4.78, 5) is 12.9. The van der Waals surface area contributed by atoms with E-state index < -0.39 is 5.82 Å². The normalized spacial score (nSPS) is 12.5. The first kappa shape index (κ1) is 13.4. The molecule has 94 valence electrons. The summed E-state index contributed by atoms with van der Waals surface area (Å²) in [7, 11) is 3.30. The van der Waals surface area contributed by atoms with Crippen LogP contribution in [0.5, 0.6) is 5.75 Å². The van der Waals surface area contributed by atoms with Crippen LogP contribution in [0.15, 0.2) is 18.2 Å². The van der Waals surface area contributed by atoms with E-state index in [0.717, 1.165) is 6.07 Å². The Morgan fingerprint density at radius 3 is 2.76 bits per heavy atom. The zero-order valence-electron chi connectivity index (χ0n) is 10.2. The first-order chi connectivity index (χ1) is 7.95. The molecule has 0 heterocycles. The summed E-state index contributed by atoms with van der Waals surface area (Å²) in [6.45, 7) is 2.00. The third kappa shape index (κ3) is 3.42. The first-order valence-electron chi connectivity index (χ1n) is 5.35. The Labute approximate surface area is 100 Å². The molecule has 1 atom stereocenters. The van der Waals surface area contributed by atoms with Crippen molar-refractivity contribution in [1.82, 2.24) is 10.2 Å². The lowest BCUT2D eigenvalue weighted by Gasteiger charge is -2.24. The van der Waals surface area contributed by atoms with Gasteiger partial charge in [0.15, 0.2) is 0 Å². The van der Waals surface area contributed by atoms with Crippen LogP contribution in [-0.4, -0.2) is 36.6 Å². The highest BCUT2D eigenvalue weighted by Crippen LogP contribution is 2.24. The molecular weight excluding hydrogens is 223 g/mol. The number of phenols is 1. The van der Waals surface area contributed by atoms with Crippen LogP contribution in [0.4, 0.5) is 4.39 Å². The van der Waals surface area contributed by atoms with E-state index in [2.05, 4.69) is 5.32 Å². The van der Waals surface area contributed by atoms with Gasteiger partial charge in [-0.15, -0.1) is 0 Å². The van der Waals surface area contributed by atoms with E-state index in [9.17, 15) is 9.18 Å². The van der Waals surface area contributed by atoms with Gasteiger partial charge in [0.2, 0.25) is 5.91 Å². The fourth-order valence-electron chi connectivity index (χ4n) is 1.53. The highest BCUT2D eigenvalue weighted by atomic mass is 19.1. The second-order valence-electron chi connectivity index (χ2n) is 3.97. The predicted octanol–water partition coefficient (Wildman–Crippen LogP) is 1.27. The molecular formula is C12H17FN2O2. The summed E-state index contributed by atoms with van der Waals surface area (Å²) in [6.07, 6.45) is 0. The molecule has 0 radical (unpaired) electrons. The maximum absolute atomic E-state index is 13.6. The van der Waals surface area contributed by atoms with Crippen molar-refractivity contribution in [2.75, 3.05) is 20.6 Å². The van der Waals surface area contributed by atoms with E-state index in [1.807, 2.05) is 0 Å². The molecule has 1 aromatic carbocycles.